The topological polar surface area (TPSA) is 70.6 Å². The summed E-state index contributed by atoms with van der Waals surface area (Å²) < 4.78 is 32.2. The molecule has 1 unspecified atom stereocenters. The molecule has 1 atom stereocenters. The highest BCUT2D eigenvalue weighted by molar-refractivity contribution is 6.30. The summed E-state index contributed by atoms with van der Waals surface area (Å²) in [5.74, 6) is -1.37. The van der Waals surface area contributed by atoms with Crippen molar-refractivity contribution in [3.63, 3.8) is 0 Å². The van der Waals surface area contributed by atoms with E-state index in [1.165, 1.54) is 0 Å². The fourth-order valence-electron chi connectivity index (χ4n) is 1.74. The second kappa shape index (κ2) is 7.71. The first kappa shape index (κ1) is 16.9. The van der Waals surface area contributed by atoms with Gasteiger partial charge in [-0.3, -0.25) is 0 Å². The summed E-state index contributed by atoms with van der Waals surface area (Å²) in [4.78, 5) is 11.6. The molecule has 1 aromatic carbocycles. The number of halogens is 3. The normalized spacial score (nSPS) is 15.5. The number of aliphatic hydroxyl groups is 1. The molecule has 0 radical (unpaired) electrons. The average Bonchev–Trinajstić information content (AvgIpc) is 3.24. The van der Waals surface area contributed by atoms with E-state index < -0.39 is 29.5 Å². The number of ether oxygens (including phenoxy) is 1. The summed E-state index contributed by atoms with van der Waals surface area (Å²) >= 11 is 5.48. The Morgan fingerprint density at radius 3 is 2.64 bits per heavy atom. The number of aliphatic hydroxyl groups excluding tert-OH is 1. The largest absolute Gasteiger partial charge is 0.389 e. The molecule has 0 spiro atoms. The molecular weight excluding hydrogens is 318 g/mol. The van der Waals surface area contributed by atoms with Gasteiger partial charge in [-0.1, -0.05) is 11.6 Å². The molecule has 1 saturated carbocycles. The molecule has 2 amide bonds. The predicted molar refractivity (Wildman–Crippen MR) is 77.9 cm³/mol. The minimum absolute atomic E-state index is 0.0900. The number of carbonyl (C=O) groups is 1. The second-order valence-electron chi connectivity index (χ2n) is 5.21. The van der Waals surface area contributed by atoms with Gasteiger partial charge in [0.05, 0.1) is 12.7 Å². The highest BCUT2D eigenvalue weighted by Gasteiger charge is 2.21. The Kier molecular flexibility index (Phi) is 5.93. The molecule has 1 aliphatic rings. The Morgan fingerprint density at radius 1 is 1.41 bits per heavy atom. The van der Waals surface area contributed by atoms with Gasteiger partial charge < -0.3 is 20.5 Å². The zero-order chi connectivity index (χ0) is 16.1. The van der Waals surface area contributed by atoms with E-state index in [0.29, 0.717) is 12.5 Å². The molecule has 3 N–H and O–H groups in total. The maximum atomic E-state index is 13.5. The Bertz CT molecular complexity index is 518. The van der Waals surface area contributed by atoms with E-state index in [9.17, 15) is 18.7 Å². The van der Waals surface area contributed by atoms with Gasteiger partial charge in [-0.15, -0.1) is 0 Å². The molecular formula is C14H17ClF2N2O3. The van der Waals surface area contributed by atoms with Crippen molar-refractivity contribution in [2.75, 3.05) is 25.1 Å². The Hall–Kier alpha value is -1.44. The smallest absolute Gasteiger partial charge is 0.319 e. The first-order valence-electron chi connectivity index (χ1n) is 6.91. The minimum atomic E-state index is -0.978. The van der Waals surface area contributed by atoms with E-state index in [4.69, 9.17) is 16.3 Å². The molecule has 122 valence electrons. The molecule has 1 aliphatic carbocycles. The summed E-state index contributed by atoms with van der Waals surface area (Å²) in [6, 6.07) is 0.947. The van der Waals surface area contributed by atoms with Gasteiger partial charge >= 0.3 is 6.03 Å². The molecule has 0 heterocycles. The van der Waals surface area contributed by atoms with Crippen LogP contribution >= 0.6 is 11.6 Å². The number of carbonyl (C=O) groups excluding carboxylic acids is 1. The average molecular weight is 335 g/mol. The lowest BCUT2D eigenvalue weighted by molar-refractivity contribution is 0.0339. The Labute approximate surface area is 131 Å². The molecule has 1 aromatic rings. The molecule has 8 heteroatoms. The molecule has 0 saturated heterocycles. The van der Waals surface area contributed by atoms with E-state index in [1.54, 1.807) is 0 Å². The maximum Gasteiger partial charge on any atom is 0.319 e. The fourth-order valence-corrected chi connectivity index (χ4v) is 1.94. The van der Waals surface area contributed by atoms with Crippen LogP contribution in [-0.2, 0) is 4.74 Å². The quantitative estimate of drug-likeness (QED) is 0.717. The number of rotatable bonds is 7. The van der Waals surface area contributed by atoms with Gasteiger partial charge in [0.2, 0.25) is 0 Å². The van der Waals surface area contributed by atoms with Gasteiger partial charge in [-0.05, 0) is 30.9 Å². The van der Waals surface area contributed by atoms with E-state index >= 15 is 0 Å². The monoisotopic (exact) mass is 334 g/mol. The number of benzene rings is 1. The molecule has 22 heavy (non-hydrogen) atoms. The van der Waals surface area contributed by atoms with Gasteiger partial charge in [0.15, 0.2) is 11.6 Å². The van der Waals surface area contributed by atoms with Crippen LogP contribution in [0.5, 0.6) is 0 Å². The van der Waals surface area contributed by atoms with Crippen molar-refractivity contribution in [3.05, 3.63) is 28.8 Å². The molecule has 0 aromatic heterocycles. The molecule has 1 fully saturated rings. The number of urea groups is 1. The van der Waals surface area contributed by atoms with Gasteiger partial charge in [-0.2, -0.15) is 0 Å². The van der Waals surface area contributed by atoms with Gasteiger partial charge in [0, 0.05) is 18.2 Å². The van der Waals surface area contributed by atoms with Crippen molar-refractivity contribution in [3.8, 4) is 0 Å². The third-order valence-corrected chi connectivity index (χ3v) is 3.32. The van der Waals surface area contributed by atoms with Crippen LogP contribution in [-0.4, -0.2) is 37.0 Å². The Morgan fingerprint density at radius 2 is 2.05 bits per heavy atom. The Balaban J connectivity index is 1.72. The maximum absolute atomic E-state index is 13.5. The number of hydrogen-bond acceptors (Lipinski definition) is 3. The van der Waals surface area contributed by atoms with Crippen LogP contribution in [0.25, 0.3) is 0 Å². The van der Waals surface area contributed by atoms with E-state index in [1.807, 2.05) is 5.32 Å². The summed E-state index contributed by atoms with van der Waals surface area (Å²) in [5.41, 5.74) is -0.596. The third-order valence-electron chi connectivity index (χ3n) is 3.10. The fraction of sp³-hybridized carbons (Fsp3) is 0.500. The number of hydrogen-bond donors (Lipinski definition) is 3. The van der Waals surface area contributed by atoms with Crippen molar-refractivity contribution in [2.45, 2.75) is 18.9 Å². The lowest BCUT2D eigenvalue weighted by atomic mass is 10.3. The van der Waals surface area contributed by atoms with Crippen LogP contribution < -0.4 is 10.6 Å². The van der Waals surface area contributed by atoms with Crippen LogP contribution in [0.15, 0.2) is 12.1 Å². The van der Waals surface area contributed by atoms with Gasteiger partial charge in [0.1, 0.15) is 5.69 Å². The van der Waals surface area contributed by atoms with Crippen molar-refractivity contribution >= 4 is 23.3 Å². The molecule has 2 rings (SSSR count). The summed E-state index contributed by atoms with van der Waals surface area (Å²) in [5, 5.41) is 13.8. The first-order chi connectivity index (χ1) is 10.5. The molecule has 0 aliphatic heterocycles. The minimum Gasteiger partial charge on any atom is -0.389 e. The summed E-state index contributed by atoms with van der Waals surface area (Å²) in [6.07, 6.45) is 1.41. The van der Waals surface area contributed by atoms with E-state index in [-0.39, 0.29) is 18.2 Å². The zero-order valence-corrected chi connectivity index (χ0v) is 12.5. The third kappa shape index (κ3) is 5.40. The number of nitrogens with one attached hydrogen (secondary N) is 2. The van der Waals surface area contributed by atoms with Crippen molar-refractivity contribution < 1.29 is 23.4 Å². The van der Waals surface area contributed by atoms with E-state index in [0.717, 1.165) is 25.0 Å². The lowest BCUT2D eigenvalue weighted by Gasteiger charge is -2.13. The summed E-state index contributed by atoms with van der Waals surface area (Å²) in [7, 11) is 0. The lowest BCUT2D eigenvalue weighted by Crippen LogP contribution is -2.37. The highest BCUT2D eigenvalue weighted by atomic mass is 35.5. The predicted octanol–water partition coefficient (Wildman–Crippen LogP) is 2.53. The van der Waals surface area contributed by atoms with Crippen LogP contribution in [0.1, 0.15) is 12.8 Å². The van der Waals surface area contributed by atoms with Crippen molar-refractivity contribution in [1.82, 2.24) is 5.32 Å². The van der Waals surface area contributed by atoms with E-state index in [2.05, 4.69) is 5.32 Å². The first-order valence-corrected chi connectivity index (χ1v) is 7.28. The van der Waals surface area contributed by atoms with Crippen molar-refractivity contribution in [1.29, 1.82) is 0 Å². The van der Waals surface area contributed by atoms with Crippen LogP contribution in [0.3, 0.4) is 0 Å². The molecule has 5 nitrogen and oxygen atoms in total. The molecule has 0 bridgehead atoms. The number of amides is 2. The second-order valence-corrected chi connectivity index (χ2v) is 5.65. The standard InChI is InChI=1S/C14H17ClF2N2O3/c15-9-3-11(16)13(12(17)4-9)19-14(21)18-5-10(20)7-22-6-8-1-2-8/h3-4,8,10,20H,1-2,5-7H2,(H2,18,19,21). The zero-order valence-electron chi connectivity index (χ0n) is 11.7. The van der Waals surface area contributed by atoms with Crippen LogP contribution in [0.4, 0.5) is 19.3 Å². The van der Waals surface area contributed by atoms with Gasteiger partial charge in [0.25, 0.3) is 0 Å². The highest BCUT2D eigenvalue weighted by Crippen LogP contribution is 2.28. The van der Waals surface area contributed by atoms with Crippen LogP contribution in [0.2, 0.25) is 5.02 Å². The summed E-state index contributed by atoms with van der Waals surface area (Å²) in [6.45, 7) is 0.609. The number of anilines is 1. The SMILES string of the molecule is O=C(NCC(O)COCC1CC1)Nc1c(F)cc(Cl)cc1F. The van der Waals surface area contributed by atoms with Gasteiger partial charge in [-0.25, -0.2) is 13.6 Å². The van der Waals surface area contributed by atoms with Crippen molar-refractivity contribution in [2.24, 2.45) is 5.92 Å². The van der Waals surface area contributed by atoms with Crippen LogP contribution in [0, 0.1) is 17.6 Å².